The summed E-state index contributed by atoms with van der Waals surface area (Å²) in [5.74, 6) is 0.580. The lowest BCUT2D eigenvalue weighted by Gasteiger charge is -2.18. The molecule has 1 unspecified atom stereocenters. The van der Waals surface area contributed by atoms with Crippen LogP contribution in [0.5, 0.6) is 17.4 Å². The topological polar surface area (TPSA) is 91.7 Å². The number of ether oxygens (including phenoxy) is 3. The van der Waals surface area contributed by atoms with Crippen LogP contribution in [0.4, 0.5) is 4.39 Å². The lowest BCUT2D eigenvalue weighted by atomic mass is 10.1. The number of halogens is 1. The molecule has 2 aromatic carbocycles. The van der Waals surface area contributed by atoms with Gasteiger partial charge in [-0.15, -0.1) is 5.10 Å². The Labute approximate surface area is 184 Å². The van der Waals surface area contributed by atoms with Crippen molar-refractivity contribution in [3.63, 3.8) is 0 Å². The molecule has 1 heterocycles. The van der Waals surface area contributed by atoms with E-state index in [4.69, 9.17) is 14.2 Å². The lowest BCUT2D eigenvalue weighted by molar-refractivity contribution is -0.128. The van der Waals surface area contributed by atoms with E-state index in [2.05, 4.69) is 10.4 Å². The zero-order valence-electron chi connectivity index (χ0n) is 18.0. The van der Waals surface area contributed by atoms with E-state index >= 15 is 0 Å². The molecule has 1 aromatic heterocycles. The van der Waals surface area contributed by atoms with Crippen molar-refractivity contribution in [2.45, 2.75) is 26.0 Å². The van der Waals surface area contributed by atoms with Crippen molar-refractivity contribution in [3.05, 3.63) is 76.3 Å². The minimum atomic E-state index is -0.835. The maximum atomic E-state index is 13.2. The number of carbonyl (C=O) groups excluding carboxylic acids is 1. The van der Waals surface area contributed by atoms with Gasteiger partial charge in [0.25, 0.3) is 11.5 Å². The molecule has 1 amide bonds. The number of carbonyl (C=O) groups is 1. The highest BCUT2D eigenvalue weighted by atomic mass is 19.1. The van der Waals surface area contributed by atoms with E-state index in [0.29, 0.717) is 23.6 Å². The number of methoxy groups -OCH3 is 2. The molecule has 0 aliphatic heterocycles. The Balaban J connectivity index is 1.72. The predicted molar refractivity (Wildman–Crippen MR) is 116 cm³/mol. The minimum absolute atomic E-state index is 0.0925. The second kappa shape index (κ2) is 10.4. The average Bonchev–Trinajstić information content (AvgIpc) is 2.82. The normalized spacial score (nSPS) is 11.5. The van der Waals surface area contributed by atoms with Gasteiger partial charge in [-0.3, -0.25) is 9.59 Å². The van der Waals surface area contributed by atoms with Crippen LogP contribution >= 0.6 is 0 Å². The van der Waals surface area contributed by atoms with Crippen LogP contribution in [0.15, 0.2) is 59.4 Å². The van der Waals surface area contributed by atoms with Crippen molar-refractivity contribution in [1.82, 2.24) is 15.1 Å². The number of hydrogen-bond acceptors (Lipinski definition) is 6. The molecular weight excluding hydrogens is 417 g/mol. The van der Waals surface area contributed by atoms with Crippen LogP contribution in [-0.4, -0.2) is 36.0 Å². The summed E-state index contributed by atoms with van der Waals surface area (Å²) >= 11 is 0. The van der Waals surface area contributed by atoms with Gasteiger partial charge in [0.1, 0.15) is 17.3 Å². The molecule has 8 nitrogen and oxygen atoms in total. The maximum absolute atomic E-state index is 13.2. The van der Waals surface area contributed by atoms with Crippen LogP contribution in [0.3, 0.4) is 0 Å². The molecule has 1 N–H and O–H groups in total. The van der Waals surface area contributed by atoms with E-state index in [1.54, 1.807) is 39.3 Å². The average molecular weight is 441 g/mol. The van der Waals surface area contributed by atoms with Crippen molar-refractivity contribution < 1.29 is 23.4 Å². The highest BCUT2D eigenvalue weighted by Gasteiger charge is 2.20. The Hall–Kier alpha value is -3.88. The lowest BCUT2D eigenvalue weighted by Crippen LogP contribution is -2.38. The molecule has 0 aliphatic rings. The Bertz CT molecular complexity index is 1130. The Morgan fingerprint density at radius 3 is 2.50 bits per heavy atom. The van der Waals surface area contributed by atoms with Gasteiger partial charge in [-0.2, -0.15) is 4.68 Å². The second-order valence-electron chi connectivity index (χ2n) is 6.81. The number of nitrogens with one attached hydrogen (secondary N) is 1. The van der Waals surface area contributed by atoms with Crippen molar-refractivity contribution in [1.29, 1.82) is 0 Å². The molecule has 0 saturated heterocycles. The molecule has 3 rings (SSSR count). The van der Waals surface area contributed by atoms with Gasteiger partial charge in [-0.25, -0.2) is 4.39 Å². The highest BCUT2D eigenvalue weighted by Crippen LogP contribution is 2.23. The number of rotatable bonds is 9. The molecule has 0 spiro atoms. The smallest absolute Gasteiger partial charge is 0.271 e. The minimum Gasteiger partial charge on any atom is -0.497 e. The number of hydrogen-bond donors (Lipinski definition) is 1. The highest BCUT2D eigenvalue weighted by molar-refractivity contribution is 5.81. The first-order valence-electron chi connectivity index (χ1n) is 9.96. The van der Waals surface area contributed by atoms with E-state index in [9.17, 15) is 14.0 Å². The maximum Gasteiger partial charge on any atom is 0.271 e. The predicted octanol–water partition coefficient (Wildman–Crippen LogP) is 2.86. The zero-order valence-corrected chi connectivity index (χ0v) is 18.0. The molecule has 0 fully saturated rings. The van der Waals surface area contributed by atoms with Gasteiger partial charge in [0.15, 0.2) is 6.10 Å². The van der Waals surface area contributed by atoms with Crippen LogP contribution in [0, 0.1) is 5.82 Å². The largest absolute Gasteiger partial charge is 0.497 e. The van der Waals surface area contributed by atoms with E-state index in [1.165, 1.54) is 36.4 Å². The molecule has 0 saturated carbocycles. The van der Waals surface area contributed by atoms with Gasteiger partial charge >= 0.3 is 0 Å². The first kappa shape index (κ1) is 22.8. The van der Waals surface area contributed by atoms with Gasteiger partial charge in [0.05, 0.1) is 19.9 Å². The van der Waals surface area contributed by atoms with Crippen LogP contribution in [-0.2, 0) is 11.3 Å². The van der Waals surface area contributed by atoms with Gasteiger partial charge in [0, 0.05) is 24.2 Å². The SMILES string of the molecule is CCC(Oc1ccc(=O)n(-c2ccc(F)cc2)n1)C(=O)NCc1cc(OC)ccc1OC. The molecule has 0 bridgehead atoms. The van der Waals surface area contributed by atoms with Crippen molar-refractivity contribution in [2.75, 3.05) is 14.2 Å². The third kappa shape index (κ3) is 5.42. The number of amides is 1. The van der Waals surface area contributed by atoms with Crippen molar-refractivity contribution in [3.8, 4) is 23.1 Å². The van der Waals surface area contributed by atoms with Crippen LogP contribution in [0.25, 0.3) is 5.69 Å². The fraction of sp³-hybridized carbons (Fsp3) is 0.261. The fourth-order valence-corrected chi connectivity index (χ4v) is 3.01. The van der Waals surface area contributed by atoms with Gasteiger partial charge in [-0.05, 0) is 48.9 Å². The van der Waals surface area contributed by atoms with E-state index in [1.807, 2.05) is 0 Å². The van der Waals surface area contributed by atoms with E-state index in [0.717, 1.165) is 10.2 Å². The van der Waals surface area contributed by atoms with E-state index in [-0.39, 0.29) is 18.3 Å². The first-order valence-corrected chi connectivity index (χ1v) is 9.96. The van der Waals surface area contributed by atoms with Crippen molar-refractivity contribution in [2.24, 2.45) is 0 Å². The summed E-state index contributed by atoms with van der Waals surface area (Å²) in [6.07, 6.45) is -0.461. The summed E-state index contributed by atoms with van der Waals surface area (Å²) in [7, 11) is 3.11. The Morgan fingerprint density at radius 1 is 1.09 bits per heavy atom. The second-order valence-corrected chi connectivity index (χ2v) is 6.81. The Morgan fingerprint density at radius 2 is 1.84 bits per heavy atom. The van der Waals surface area contributed by atoms with Crippen LogP contribution < -0.4 is 25.1 Å². The van der Waals surface area contributed by atoms with Crippen LogP contribution in [0.2, 0.25) is 0 Å². The third-order valence-electron chi connectivity index (χ3n) is 4.71. The molecule has 9 heteroatoms. The number of nitrogens with zero attached hydrogens (tertiary/aromatic N) is 2. The van der Waals surface area contributed by atoms with Gasteiger partial charge in [0.2, 0.25) is 5.88 Å². The molecule has 0 aliphatic carbocycles. The molecule has 3 aromatic rings. The van der Waals surface area contributed by atoms with Crippen LogP contribution in [0.1, 0.15) is 18.9 Å². The summed E-state index contributed by atoms with van der Waals surface area (Å²) in [6, 6.07) is 13.3. The summed E-state index contributed by atoms with van der Waals surface area (Å²) in [4.78, 5) is 24.9. The quantitative estimate of drug-likeness (QED) is 0.549. The van der Waals surface area contributed by atoms with E-state index < -0.39 is 17.5 Å². The molecule has 32 heavy (non-hydrogen) atoms. The molecule has 1 atom stereocenters. The molecule has 0 radical (unpaired) electrons. The van der Waals surface area contributed by atoms with Crippen molar-refractivity contribution >= 4 is 5.91 Å². The monoisotopic (exact) mass is 441 g/mol. The summed E-state index contributed by atoms with van der Waals surface area (Å²) < 4.78 is 30.6. The first-order chi connectivity index (χ1) is 15.4. The zero-order chi connectivity index (χ0) is 23.1. The van der Waals surface area contributed by atoms with Gasteiger partial charge in [-0.1, -0.05) is 6.92 Å². The Kier molecular flexibility index (Phi) is 7.43. The number of aromatic nitrogens is 2. The summed E-state index contributed by atoms with van der Waals surface area (Å²) in [6.45, 7) is 2.01. The summed E-state index contributed by atoms with van der Waals surface area (Å²) in [5, 5.41) is 6.98. The fourth-order valence-electron chi connectivity index (χ4n) is 3.01. The standard InChI is InChI=1S/C23H24FN3O5/c1-4-19(23(29)25-14-15-13-18(30-2)9-10-20(15)31-3)32-21-11-12-22(28)27(26-21)17-7-5-16(24)6-8-17/h5-13,19H,4,14H2,1-3H3,(H,25,29). The molecular formula is C23H24FN3O5. The third-order valence-corrected chi connectivity index (χ3v) is 4.71. The molecule has 168 valence electrons. The summed E-state index contributed by atoms with van der Waals surface area (Å²) in [5.41, 5.74) is 0.717. The number of benzene rings is 2. The van der Waals surface area contributed by atoms with Gasteiger partial charge < -0.3 is 19.5 Å².